The molecule has 0 bridgehead atoms. The standard InChI is InChI=1S/C22H18F3N7OS/c23-13-1-4-18(27-7-13)19(33)31-15-2-3-17(25)16(5-15)22-11-32(21-29-8-14(24)9-30-21)10-12(22)6-28-20(26)34-22/h1-5,7-9,12H,6,10-11H2,(H2,26,28)(H,31,33)/t12-,22-/m0/s1. The van der Waals surface area contributed by atoms with Crippen LogP contribution < -0.4 is 16.0 Å². The summed E-state index contributed by atoms with van der Waals surface area (Å²) in [6.07, 6.45) is 3.10. The number of halogens is 3. The molecule has 1 amide bonds. The number of aromatic nitrogens is 3. The number of rotatable bonds is 4. The van der Waals surface area contributed by atoms with Gasteiger partial charge >= 0.3 is 0 Å². The molecule has 1 aromatic carbocycles. The predicted octanol–water partition coefficient (Wildman–Crippen LogP) is 2.93. The molecule has 0 unspecified atom stereocenters. The highest BCUT2D eigenvalue weighted by molar-refractivity contribution is 8.14. The molecule has 34 heavy (non-hydrogen) atoms. The minimum absolute atomic E-state index is 0.0206. The van der Waals surface area contributed by atoms with E-state index in [2.05, 4.69) is 25.3 Å². The van der Waals surface area contributed by atoms with Gasteiger partial charge in [0.15, 0.2) is 11.0 Å². The van der Waals surface area contributed by atoms with E-state index in [-0.39, 0.29) is 11.6 Å². The van der Waals surface area contributed by atoms with Gasteiger partial charge in [0.05, 0.1) is 23.3 Å². The van der Waals surface area contributed by atoms with Crippen molar-refractivity contribution in [3.05, 3.63) is 77.6 Å². The van der Waals surface area contributed by atoms with Gasteiger partial charge in [0.1, 0.15) is 17.3 Å². The van der Waals surface area contributed by atoms with Gasteiger partial charge in [-0.3, -0.25) is 9.79 Å². The highest BCUT2D eigenvalue weighted by atomic mass is 32.2. The summed E-state index contributed by atoms with van der Waals surface area (Å²) in [5.74, 6) is -1.96. The molecule has 0 spiro atoms. The Morgan fingerprint density at radius 3 is 2.59 bits per heavy atom. The van der Waals surface area contributed by atoms with Gasteiger partial charge < -0.3 is 16.0 Å². The molecule has 0 aliphatic carbocycles. The molecular weight excluding hydrogens is 467 g/mol. The molecule has 1 saturated heterocycles. The summed E-state index contributed by atoms with van der Waals surface area (Å²) in [6, 6.07) is 6.66. The zero-order valence-corrected chi connectivity index (χ0v) is 18.4. The lowest BCUT2D eigenvalue weighted by Gasteiger charge is -2.36. The van der Waals surface area contributed by atoms with Crippen LogP contribution in [-0.4, -0.2) is 45.7 Å². The number of nitrogens with zero attached hydrogens (tertiary/aromatic N) is 5. The van der Waals surface area contributed by atoms with Crippen molar-refractivity contribution < 1.29 is 18.0 Å². The largest absolute Gasteiger partial charge is 0.379 e. The van der Waals surface area contributed by atoms with Crippen molar-refractivity contribution >= 4 is 34.5 Å². The number of carbonyl (C=O) groups excluding carboxylic acids is 1. The van der Waals surface area contributed by atoms with Gasteiger partial charge in [-0.25, -0.2) is 28.1 Å². The number of hydrogen-bond acceptors (Lipinski definition) is 8. The van der Waals surface area contributed by atoms with Crippen LogP contribution in [0.5, 0.6) is 0 Å². The average molecular weight is 485 g/mol. The third-order valence-electron chi connectivity index (χ3n) is 5.81. The summed E-state index contributed by atoms with van der Waals surface area (Å²) in [5.41, 5.74) is 6.77. The molecule has 0 saturated carbocycles. The second kappa shape index (κ2) is 8.60. The van der Waals surface area contributed by atoms with E-state index in [0.29, 0.717) is 42.0 Å². The Morgan fingerprint density at radius 1 is 1.09 bits per heavy atom. The number of pyridine rings is 1. The number of nitrogens with one attached hydrogen (secondary N) is 1. The first-order chi connectivity index (χ1) is 16.3. The normalized spacial score (nSPS) is 21.7. The molecule has 2 aromatic heterocycles. The van der Waals surface area contributed by atoms with Crippen LogP contribution in [0.2, 0.25) is 0 Å². The summed E-state index contributed by atoms with van der Waals surface area (Å²) in [6.45, 7) is 1.13. The molecule has 3 N–H and O–H groups in total. The van der Waals surface area contributed by atoms with E-state index in [1.165, 1.54) is 30.0 Å². The minimum Gasteiger partial charge on any atom is -0.379 e. The summed E-state index contributed by atoms with van der Waals surface area (Å²) in [7, 11) is 0. The molecule has 5 rings (SSSR count). The summed E-state index contributed by atoms with van der Waals surface area (Å²) in [5, 5.41) is 3.00. The molecule has 2 aliphatic heterocycles. The van der Waals surface area contributed by atoms with Gasteiger partial charge in [-0.05, 0) is 30.3 Å². The fourth-order valence-corrected chi connectivity index (χ4v) is 5.56. The van der Waals surface area contributed by atoms with E-state index >= 15 is 4.39 Å². The number of aliphatic imine (C=N–C) groups is 1. The number of amides is 1. The Bertz CT molecular complexity index is 1270. The fourth-order valence-electron chi connectivity index (χ4n) is 4.24. The lowest BCUT2D eigenvalue weighted by Crippen LogP contribution is -2.40. The zero-order chi connectivity index (χ0) is 23.9. The Labute approximate surface area is 196 Å². The monoisotopic (exact) mass is 485 g/mol. The first-order valence-electron chi connectivity index (χ1n) is 10.3. The predicted molar refractivity (Wildman–Crippen MR) is 122 cm³/mol. The van der Waals surface area contributed by atoms with Crippen molar-refractivity contribution in [1.29, 1.82) is 0 Å². The average Bonchev–Trinajstić information content (AvgIpc) is 3.20. The third-order valence-corrected chi connectivity index (χ3v) is 7.19. The second-order valence-corrected chi connectivity index (χ2v) is 9.31. The zero-order valence-electron chi connectivity index (χ0n) is 17.6. The van der Waals surface area contributed by atoms with Crippen molar-refractivity contribution in [2.24, 2.45) is 16.6 Å². The number of nitrogens with two attached hydrogens (primary N) is 1. The molecule has 2 atom stereocenters. The molecule has 0 radical (unpaired) electrons. The fraction of sp³-hybridized carbons (Fsp3) is 0.227. The maximum atomic E-state index is 15.2. The van der Waals surface area contributed by atoms with Crippen molar-refractivity contribution in [2.45, 2.75) is 4.75 Å². The van der Waals surface area contributed by atoms with Gasteiger partial charge in [-0.15, -0.1) is 0 Å². The Morgan fingerprint density at radius 2 is 1.85 bits per heavy atom. The van der Waals surface area contributed by atoms with Crippen LogP contribution in [0.1, 0.15) is 16.1 Å². The van der Waals surface area contributed by atoms with Crippen LogP contribution in [0.25, 0.3) is 0 Å². The summed E-state index contributed by atoms with van der Waals surface area (Å²) in [4.78, 5) is 30.6. The van der Waals surface area contributed by atoms with Gasteiger partial charge in [0.25, 0.3) is 5.91 Å². The number of thioether (sulfide) groups is 1. The molecule has 8 nitrogen and oxygen atoms in total. The van der Waals surface area contributed by atoms with Gasteiger partial charge in [0, 0.05) is 36.8 Å². The van der Waals surface area contributed by atoms with E-state index in [9.17, 15) is 13.6 Å². The molecule has 2 aliphatic rings. The van der Waals surface area contributed by atoms with Gasteiger partial charge in [-0.2, -0.15) is 0 Å². The Kier molecular flexibility index (Phi) is 5.60. The van der Waals surface area contributed by atoms with Crippen molar-refractivity contribution in [3.63, 3.8) is 0 Å². The molecule has 4 heterocycles. The number of carbonyl (C=O) groups is 1. The lowest BCUT2D eigenvalue weighted by molar-refractivity contribution is 0.102. The van der Waals surface area contributed by atoms with Crippen LogP contribution >= 0.6 is 11.8 Å². The molecule has 12 heteroatoms. The maximum absolute atomic E-state index is 15.2. The number of anilines is 2. The Balaban J connectivity index is 1.48. The van der Waals surface area contributed by atoms with E-state index in [1.807, 2.05) is 4.90 Å². The number of benzene rings is 1. The second-order valence-electron chi connectivity index (χ2n) is 7.96. The highest BCUT2D eigenvalue weighted by Gasteiger charge is 2.52. The number of amidine groups is 1. The van der Waals surface area contributed by atoms with Crippen molar-refractivity contribution in [1.82, 2.24) is 15.0 Å². The van der Waals surface area contributed by atoms with Crippen LogP contribution in [-0.2, 0) is 4.75 Å². The number of hydrogen-bond donors (Lipinski definition) is 2. The summed E-state index contributed by atoms with van der Waals surface area (Å²) >= 11 is 1.25. The van der Waals surface area contributed by atoms with Crippen molar-refractivity contribution in [2.75, 3.05) is 29.9 Å². The molecule has 3 aromatic rings. The smallest absolute Gasteiger partial charge is 0.274 e. The van der Waals surface area contributed by atoms with E-state index < -0.39 is 28.1 Å². The van der Waals surface area contributed by atoms with E-state index in [1.54, 1.807) is 6.07 Å². The van der Waals surface area contributed by atoms with E-state index in [4.69, 9.17) is 5.73 Å². The topological polar surface area (TPSA) is 109 Å². The summed E-state index contributed by atoms with van der Waals surface area (Å²) < 4.78 is 40.8. The first kappa shape index (κ1) is 22.1. The van der Waals surface area contributed by atoms with Crippen LogP contribution in [0, 0.1) is 23.4 Å². The highest BCUT2D eigenvalue weighted by Crippen LogP contribution is 2.52. The first-order valence-corrected chi connectivity index (χ1v) is 11.1. The maximum Gasteiger partial charge on any atom is 0.274 e. The van der Waals surface area contributed by atoms with Crippen molar-refractivity contribution in [3.8, 4) is 0 Å². The molecule has 1 fully saturated rings. The SMILES string of the molecule is NC1=NC[C@H]2CN(c3ncc(F)cn3)C[C@]2(c2cc(NC(=O)c3ccc(F)cn3)ccc2F)S1. The molecular formula is C22H18F3N7OS. The van der Waals surface area contributed by atoms with Gasteiger partial charge in [-0.1, -0.05) is 11.8 Å². The van der Waals surface area contributed by atoms with Crippen LogP contribution in [0.3, 0.4) is 0 Å². The minimum atomic E-state index is -0.831. The lowest BCUT2D eigenvalue weighted by atomic mass is 9.87. The van der Waals surface area contributed by atoms with E-state index in [0.717, 1.165) is 24.7 Å². The Hall–Kier alpha value is -3.67. The van der Waals surface area contributed by atoms with Gasteiger partial charge in [0.2, 0.25) is 5.95 Å². The number of fused-ring (bicyclic) bond motifs is 1. The van der Waals surface area contributed by atoms with Crippen LogP contribution in [0.15, 0.2) is 53.9 Å². The van der Waals surface area contributed by atoms with Crippen LogP contribution in [0.4, 0.5) is 24.8 Å². The third kappa shape index (κ3) is 4.04. The molecule has 174 valence electrons. The quantitative estimate of drug-likeness (QED) is 0.585.